The van der Waals surface area contributed by atoms with E-state index in [1.54, 1.807) is 13.8 Å². The molecule has 0 amide bonds. The first-order chi connectivity index (χ1) is 27.1. The topological polar surface area (TPSA) is 89.2 Å². The number of aromatic nitrogens is 3. The highest BCUT2D eigenvalue weighted by Crippen LogP contribution is 2.44. The molecular weight excluding hydrogens is 745 g/mol. The van der Waals surface area contributed by atoms with E-state index in [9.17, 15) is 8.78 Å². The Balaban J connectivity index is 0.000000557. The van der Waals surface area contributed by atoms with Crippen LogP contribution in [0.1, 0.15) is 162 Å². The van der Waals surface area contributed by atoms with E-state index in [0.29, 0.717) is 29.3 Å². The zero-order valence-corrected chi connectivity index (χ0v) is 38.2. The summed E-state index contributed by atoms with van der Waals surface area (Å²) in [4.78, 5) is 15.6. The number of rotatable bonds is 20. The number of alkyl halides is 2. The zero-order valence-electron chi connectivity index (χ0n) is 37.5. The zero-order chi connectivity index (χ0) is 42.9. The molecule has 1 aromatic carbocycles. The van der Waals surface area contributed by atoms with Crippen LogP contribution in [0.2, 0.25) is 5.02 Å². The average Bonchev–Trinajstić information content (AvgIpc) is 3.55. The van der Waals surface area contributed by atoms with Gasteiger partial charge in [-0.2, -0.15) is 9.97 Å². The number of unbranched alkanes of at least 4 members (excludes halogenated alkanes) is 3. The number of benzene rings is 1. The van der Waals surface area contributed by atoms with Crippen LogP contribution in [0, 0.1) is 38.4 Å². The molecular formula is C46H76ClF3N6O. The van der Waals surface area contributed by atoms with E-state index >= 15 is 4.39 Å². The maximum atomic E-state index is 16.3. The van der Waals surface area contributed by atoms with E-state index in [0.717, 1.165) is 44.6 Å². The van der Waals surface area contributed by atoms with Gasteiger partial charge in [-0.25, -0.2) is 18.2 Å². The molecule has 0 spiro atoms. The second-order valence-electron chi connectivity index (χ2n) is 15.8. The van der Waals surface area contributed by atoms with E-state index in [1.807, 2.05) is 13.8 Å². The Morgan fingerprint density at radius 3 is 2.23 bits per heavy atom. The number of nitrogens with one attached hydrogen (secondary N) is 1. The fourth-order valence-corrected chi connectivity index (χ4v) is 8.42. The standard InChI is InChI=1S/C30H39ClF3N5O.C14H31N.C2H6/c1-7-9-10-19-11-12-20(39(19)13-8-2)15-40-29-36-18(5)22-17(4)25(31)23(26(32)28(22)38-29)27-24(30(6,33)34)16(3)14-21(35)37-27;1-5-8-9-10-14(13(4)7-3)12-15-11-6-2;1-2/h14,19-20H,7-13,15H2,1-6H3,(H2,35,37);13-15H,5-12H2,1-4H3;1-2H3/t;13?,14-;/m.1./s1. The third-order valence-electron chi connectivity index (χ3n) is 11.3. The molecule has 0 radical (unpaired) electrons. The summed E-state index contributed by atoms with van der Waals surface area (Å²) in [7, 11) is 0. The molecule has 3 N–H and O–H groups in total. The lowest BCUT2D eigenvalue weighted by molar-refractivity contribution is 0.0171. The number of nitrogens with two attached hydrogens (primary N) is 1. The summed E-state index contributed by atoms with van der Waals surface area (Å²) in [6.07, 6.45) is 14.9. The van der Waals surface area contributed by atoms with Crippen molar-refractivity contribution in [2.24, 2.45) is 11.8 Å². The molecule has 11 heteroatoms. The molecule has 57 heavy (non-hydrogen) atoms. The lowest BCUT2D eigenvalue weighted by Crippen LogP contribution is -2.40. The van der Waals surface area contributed by atoms with Crippen molar-refractivity contribution in [1.82, 2.24) is 25.2 Å². The van der Waals surface area contributed by atoms with Crippen LogP contribution in [0.15, 0.2) is 6.07 Å². The predicted molar refractivity (Wildman–Crippen MR) is 236 cm³/mol. The monoisotopic (exact) mass is 821 g/mol. The highest BCUT2D eigenvalue weighted by molar-refractivity contribution is 6.35. The molecule has 1 saturated heterocycles. The summed E-state index contributed by atoms with van der Waals surface area (Å²) >= 11 is 6.64. The Bertz CT molecular complexity index is 1640. The van der Waals surface area contributed by atoms with Crippen LogP contribution < -0.4 is 15.8 Å². The van der Waals surface area contributed by atoms with Crippen molar-refractivity contribution in [3.63, 3.8) is 0 Å². The molecule has 7 nitrogen and oxygen atoms in total. The van der Waals surface area contributed by atoms with E-state index in [2.05, 4.69) is 66.7 Å². The lowest BCUT2D eigenvalue weighted by Gasteiger charge is -2.29. The molecule has 0 saturated carbocycles. The molecule has 0 aliphatic carbocycles. The van der Waals surface area contributed by atoms with Gasteiger partial charge in [-0.15, -0.1) is 0 Å². The summed E-state index contributed by atoms with van der Waals surface area (Å²) in [6, 6.07) is 2.15. The number of fused-ring (bicyclic) bond motifs is 1. The van der Waals surface area contributed by atoms with Crippen LogP contribution in [0.3, 0.4) is 0 Å². The van der Waals surface area contributed by atoms with E-state index in [-0.39, 0.29) is 45.2 Å². The SMILES string of the molecule is CC.CCCCC1CCC(COc2nc(C)c3c(C)c(Cl)c(-c4nc(N)cc(C)c4C(C)(F)F)c(F)c3n2)N1CCC.CCCCC[C@H](CNCCC)C(C)CC. The molecule has 3 unspecified atom stereocenters. The van der Waals surface area contributed by atoms with Crippen LogP contribution in [-0.4, -0.2) is 58.2 Å². The van der Waals surface area contributed by atoms with Crippen molar-refractivity contribution in [3.05, 3.63) is 39.3 Å². The van der Waals surface area contributed by atoms with Crippen molar-refractivity contribution in [1.29, 1.82) is 0 Å². The highest BCUT2D eigenvalue weighted by Gasteiger charge is 2.35. The van der Waals surface area contributed by atoms with Gasteiger partial charge in [0.25, 0.3) is 5.92 Å². The molecule has 4 atom stereocenters. The molecule has 1 aliphatic heterocycles. The second kappa shape index (κ2) is 25.1. The largest absolute Gasteiger partial charge is 0.462 e. The predicted octanol–water partition coefficient (Wildman–Crippen LogP) is 13.2. The van der Waals surface area contributed by atoms with Crippen molar-refractivity contribution in [2.75, 3.05) is 32.0 Å². The van der Waals surface area contributed by atoms with Gasteiger partial charge in [0.1, 0.15) is 17.9 Å². The van der Waals surface area contributed by atoms with Crippen LogP contribution >= 0.6 is 11.6 Å². The molecule has 1 fully saturated rings. The maximum absolute atomic E-state index is 16.3. The van der Waals surface area contributed by atoms with Crippen LogP contribution in [0.25, 0.3) is 22.2 Å². The number of pyridine rings is 1. The van der Waals surface area contributed by atoms with Gasteiger partial charge >= 0.3 is 6.01 Å². The maximum Gasteiger partial charge on any atom is 0.317 e. The van der Waals surface area contributed by atoms with Crippen LogP contribution in [0.5, 0.6) is 6.01 Å². The number of aryl methyl sites for hydroxylation is 3. The number of nitrogens with zero attached hydrogens (tertiary/aromatic N) is 4. The van der Waals surface area contributed by atoms with Gasteiger partial charge in [-0.3, -0.25) is 4.90 Å². The quantitative estimate of drug-likeness (QED) is 0.110. The van der Waals surface area contributed by atoms with Crippen molar-refractivity contribution < 1.29 is 17.9 Å². The number of hydrogen-bond acceptors (Lipinski definition) is 7. The number of hydrogen-bond donors (Lipinski definition) is 2. The van der Waals surface area contributed by atoms with E-state index in [4.69, 9.17) is 22.1 Å². The summed E-state index contributed by atoms with van der Waals surface area (Å²) in [5, 5.41) is 3.96. The average molecular weight is 822 g/mol. The Morgan fingerprint density at radius 2 is 1.63 bits per heavy atom. The molecule has 0 bridgehead atoms. The molecule has 2 aromatic heterocycles. The molecule has 1 aliphatic rings. The Kier molecular flexibility index (Phi) is 22.2. The number of ether oxygens (including phenoxy) is 1. The van der Waals surface area contributed by atoms with Crippen molar-refractivity contribution in [3.8, 4) is 17.3 Å². The number of halogens is 4. The second-order valence-corrected chi connectivity index (χ2v) is 16.2. The highest BCUT2D eigenvalue weighted by atomic mass is 35.5. The first-order valence-corrected chi connectivity index (χ1v) is 22.4. The van der Waals surface area contributed by atoms with Gasteiger partial charge in [0, 0.05) is 24.4 Å². The third kappa shape index (κ3) is 13.9. The van der Waals surface area contributed by atoms with Gasteiger partial charge in [-0.05, 0) is 108 Å². The summed E-state index contributed by atoms with van der Waals surface area (Å²) < 4.78 is 51.8. The smallest absolute Gasteiger partial charge is 0.317 e. The van der Waals surface area contributed by atoms with Crippen LogP contribution in [-0.2, 0) is 5.92 Å². The molecule has 4 rings (SSSR count). The van der Waals surface area contributed by atoms with Gasteiger partial charge in [0.2, 0.25) is 0 Å². The molecule has 324 valence electrons. The van der Waals surface area contributed by atoms with Crippen LogP contribution in [0.4, 0.5) is 19.0 Å². The van der Waals surface area contributed by atoms with Gasteiger partial charge < -0.3 is 15.8 Å². The minimum atomic E-state index is -3.31. The minimum absolute atomic E-state index is 0.0120. The van der Waals surface area contributed by atoms with Gasteiger partial charge in [0.15, 0.2) is 5.82 Å². The minimum Gasteiger partial charge on any atom is -0.462 e. The van der Waals surface area contributed by atoms with E-state index < -0.39 is 17.3 Å². The van der Waals surface area contributed by atoms with Crippen molar-refractivity contribution in [2.45, 2.75) is 178 Å². The number of anilines is 1. The van der Waals surface area contributed by atoms with Gasteiger partial charge in [0.05, 0.1) is 27.5 Å². The summed E-state index contributed by atoms with van der Waals surface area (Å²) in [5.41, 5.74) is 6.01. The fraction of sp³-hybridized carbons (Fsp3) is 0.717. The van der Waals surface area contributed by atoms with Gasteiger partial charge in [-0.1, -0.05) is 106 Å². The summed E-state index contributed by atoms with van der Waals surface area (Å²) in [6.45, 7) is 27.1. The first-order valence-electron chi connectivity index (χ1n) is 22.1. The first kappa shape index (κ1) is 50.5. The number of nitrogen functional groups attached to an aromatic ring is 1. The van der Waals surface area contributed by atoms with E-state index in [1.165, 1.54) is 83.9 Å². The Labute approximate surface area is 348 Å². The Morgan fingerprint density at radius 1 is 0.965 bits per heavy atom. The Hall–Kier alpha value is -2.69. The lowest BCUT2D eigenvalue weighted by atomic mass is 9.87. The summed E-state index contributed by atoms with van der Waals surface area (Å²) in [5.74, 6) is -2.41. The third-order valence-corrected chi connectivity index (χ3v) is 11.8. The normalized spacial score (nSPS) is 16.8. The number of likely N-dealkylation sites (tertiary alicyclic amines) is 1. The van der Waals surface area contributed by atoms with Crippen molar-refractivity contribution >= 4 is 28.3 Å². The fourth-order valence-electron chi connectivity index (χ4n) is 8.15. The molecule has 3 aromatic rings. The molecule has 3 heterocycles.